The van der Waals surface area contributed by atoms with Crippen LogP contribution in [0.4, 0.5) is 0 Å². The van der Waals surface area contributed by atoms with E-state index in [9.17, 15) is 19.4 Å². The second kappa shape index (κ2) is 46.8. The van der Waals surface area contributed by atoms with Crippen LogP contribution in [-0.4, -0.2) is 68.5 Å². The van der Waals surface area contributed by atoms with E-state index in [2.05, 4.69) is 92.1 Å². The molecule has 0 aliphatic carbocycles. The van der Waals surface area contributed by atoms with Gasteiger partial charge in [0, 0.05) is 6.42 Å². The number of phosphoric ester groups is 1. The van der Waals surface area contributed by atoms with Crippen LogP contribution in [0.15, 0.2) is 85.1 Å². The van der Waals surface area contributed by atoms with Gasteiger partial charge in [-0.3, -0.25) is 9.36 Å². The van der Waals surface area contributed by atoms with Gasteiger partial charge in [-0.2, -0.15) is 0 Å². The first-order chi connectivity index (χ1) is 31.5. The first-order valence-corrected chi connectivity index (χ1v) is 27.9. The number of carbonyl (C=O) groups excluding carboxylic acids is 1. The first-order valence-electron chi connectivity index (χ1n) is 26.4. The third-order valence-electron chi connectivity index (χ3n) is 11.4. The fraction of sp³-hybridized carbons (Fsp3) is 0.732. The number of aliphatic hydroxyl groups excluding tert-OH is 1. The molecule has 3 unspecified atom stereocenters. The summed E-state index contributed by atoms with van der Waals surface area (Å²) in [5, 5.41) is 13.8. The molecule has 0 spiro atoms. The van der Waals surface area contributed by atoms with Crippen LogP contribution in [0.3, 0.4) is 0 Å². The molecule has 0 aliphatic rings. The largest absolute Gasteiger partial charge is 0.756 e. The van der Waals surface area contributed by atoms with Gasteiger partial charge < -0.3 is 28.8 Å². The standard InChI is InChI=1S/C56H101N2O6P/c1-6-8-10-12-14-16-18-20-22-24-26-27-28-29-30-31-32-34-36-38-40-42-44-46-48-50-56(60)57-54(53-64-65(61,62)63-52-51-58(3,4)5)55(59)49-47-45-43-41-39-37-35-33-25-23-21-19-17-15-13-11-9-7-2/h8,10,14,16,20,22,26-27,29-30,32,34,47,49,54-55,59H,6-7,9,11-13,15,17-19,21,23-25,28,31,33,35-46,48,50-53H2,1-5H3,(H-,57,60,61,62)/b10-8-,16-14-,22-20-,27-26-,30-29-,34-32-,49-47+. The highest BCUT2D eigenvalue weighted by Gasteiger charge is 2.23. The van der Waals surface area contributed by atoms with Crippen molar-refractivity contribution < 1.29 is 32.9 Å². The number of nitrogens with one attached hydrogen (secondary N) is 1. The average molecular weight is 929 g/mol. The predicted molar refractivity (Wildman–Crippen MR) is 279 cm³/mol. The molecule has 0 heterocycles. The van der Waals surface area contributed by atoms with Crippen molar-refractivity contribution in [3.8, 4) is 0 Å². The van der Waals surface area contributed by atoms with E-state index in [4.69, 9.17) is 9.05 Å². The van der Waals surface area contributed by atoms with Gasteiger partial charge in [-0.1, -0.05) is 221 Å². The number of likely N-dealkylation sites (N-methyl/N-ethyl adjacent to an activating group) is 1. The van der Waals surface area contributed by atoms with E-state index in [1.807, 2.05) is 27.2 Å². The first kappa shape index (κ1) is 62.7. The monoisotopic (exact) mass is 929 g/mol. The number of aliphatic hydroxyl groups is 1. The smallest absolute Gasteiger partial charge is 0.268 e. The Labute approximate surface area is 401 Å². The van der Waals surface area contributed by atoms with Crippen LogP contribution in [0.1, 0.15) is 213 Å². The number of carbonyl (C=O) groups is 1. The van der Waals surface area contributed by atoms with Gasteiger partial charge in [0.05, 0.1) is 39.9 Å². The average Bonchev–Trinajstić information content (AvgIpc) is 3.26. The number of allylic oxidation sites excluding steroid dienone is 13. The van der Waals surface area contributed by atoms with Gasteiger partial charge in [0.25, 0.3) is 7.82 Å². The topological polar surface area (TPSA) is 108 Å². The van der Waals surface area contributed by atoms with Crippen LogP contribution in [0.5, 0.6) is 0 Å². The van der Waals surface area contributed by atoms with Crippen molar-refractivity contribution in [3.05, 3.63) is 85.1 Å². The molecular weight excluding hydrogens is 828 g/mol. The number of quaternary nitrogens is 1. The minimum absolute atomic E-state index is 0.00836. The van der Waals surface area contributed by atoms with Gasteiger partial charge in [0.15, 0.2) is 0 Å². The summed E-state index contributed by atoms with van der Waals surface area (Å²) in [6, 6.07) is -0.900. The molecule has 0 radical (unpaired) electrons. The highest BCUT2D eigenvalue weighted by Crippen LogP contribution is 2.38. The molecule has 0 saturated carbocycles. The van der Waals surface area contributed by atoms with E-state index in [0.29, 0.717) is 17.4 Å². The normalized spacial score (nSPS) is 14.8. The van der Waals surface area contributed by atoms with Gasteiger partial charge >= 0.3 is 0 Å². The molecule has 0 rings (SSSR count). The van der Waals surface area contributed by atoms with Crippen LogP contribution in [0.25, 0.3) is 0 Å². The molecule has 376 valence electrons. The second-order valence-electron chi connectivity index (χ2n) is 18.9. The van der Waals surface area contributed by atoms with E-state index in [0.717, 1.165) is 96.3 Å². The van der Waals surface area contributed by atoms with Crippen molar-refractivity contribution in [2.24, 2.45) is 0 Å². The summed E-state index contributed by atoms with van der Waals surface area (Å²) in [5.74, 6) is -0.215. The maximum absolute atomic E-state index is 12.9. The Kier molecular flexibility index (Phi) is 45.1. The summed E-state index contributed by atoms with van der Waals surface area (Å²) < 4.78 is 23.3. The summed E-state index contributed by atoms with van der Waals surface area (Å²) in [6.45, 7) is 4.52. The SMILES string of the molecule is CC/C=C\C/C=C\C/C=C\C/C=C\C/C=C\C/C=C\CCCCCCCCC(=O)NC(COP(=O)([O-])OCC[N+](C)(C)C)C(O)/C=C/CCCCCCCCCCCCCCCCCC. The van der Waals surface area contributed by atoms with Crippen LogP contribution in [-0.2, 0) is 18.4 Å². The summed E-state index contributed by atoms with van der Waals surface area (Å²) in [7, 11) is 1.24. The Hall–Kier alpha value is -2.32. The zero-order valence-electron chi connectivity index (χ0n) is 42.7. The minimum Gasteiger partial charge on any atom is -0.756 e. The van der Waals surface area contributed by atoms with E-state index in [-0.39, 0.29) is 12.5 Å². The molecular formula is C56H101N2O6P. The zero-order valence-corrected chi connectivity index (χ0v) is 43.6. The molecule has 0 bridgehead atoms. The summed E-state index contributed by atoms with van der Waals surface area (Å²) in [4.78, 5) is 25.4. The number of hydrogen-bond donors (Lipinski definition) is 2. The second-order valence-corrected chi connectivity index (χ2v) is 20.3. The summed E-state index contributed by atoms with van der Waals surface area (Å²) in [5.41, 5.74) is 0. The molecule has 0 fully saturated rings. The highest BCUT2D eigenvalue weighted by molar-refractivity contribution is 7.45. The number of hydrogen-bond acceptors (Lipinski definition) is 6. The van der Waals surface area contributed by atoms with E-state index < -0.39 is 26.6 Å². The third-order valence-corrected chi connectivity index (χ3v) is 12.3. The summed E-state index contributed by atoms with van der Waals surface area (Å²) >= 11 is 0. The fourth-order valence-corrected chi connectivity index (χ4v) is 7.94. The van der Waals surface area contributed by atoms with Crippen molar-refractivity contribution in [1.29, 1.82) is 0 Å². The third kappa shape index (κ3) is 49.4. The van der Waals surface area contributed by atoms with Gasteiger partial charge in [-0.15, -0.1) is 0 Å². The molecule has 3 atom stereocenters. The number of rotatable bonds is 47. The number of nitrogens with zero attached hydrogens (tertiary/aromatic N) is 1. The van der Waals surface area contributed by atoms with Crippen LogP contribution in [0, 0.1) is 0 Å². The Bertz CT molecular complexity index is 1330. The van der Waals surface area contributed by atoms with Crippen LogP contribution < -0.4 is 10.2 Å². The van der Waals surface area contributed by atoms with Crippen molar-refractivity contribution in [2.45, 2.75) is 225 Å². The van der Waals surface area contributed by atoms with E-state index >= 15 is 0 Å². The van der Waals surface area contributed by atoms with E-state index in [1.54, 1.807) is 6.08 Å². The maximum Gasteiger partial charge on any atom is 0.268 e. The molecule has 0 aromatic heterocycles. The van der Waals surface area contributed by atoms with Crippen LogP contribution >= 0.6 is 7.82 Å². The lowest BCUT2D eigenvalue weighted by molar-refractivity contribution is -0.870. The molecule has 0 aliphatic heterocycles. The Morgan fingerprint density at radius 1 is 0.554 bits per heavy atom. The Morgan fingerprint density at radius 3 is 1.37 bits per heavy atom. The molecule has 0 aromatic carbocycles. The number of unbranched alkanes of at least 4 members (excludes halogenated alkanes) is 22. The quantitative estimate of drug-likeness (QED) is 0.0272. The zero-order chi connectivity index (χ0) is 47.8. The number of phosphoric acid groups is 1. The lowest BCUT2D eigenvalue weighted by Crippen LogP contribution is -2.45. The molecule has 0 saturated heterocycles. The lowest BCUT2D eigenvalue weighted by Gasteiger charge is -2.29. The van der Waals surface area contributed by atoms with Gasteiger partial charge in [-0.25, -0.2) is 0 Å². The van der Waals surface area contributed by atoms with Crippen molar-refractivity contribution >= 4 is 13.7 Å². The van der Waals surface area contributed by atoms with Gasteiger partial charge in [-0.05, 0) is 70.6 Å². The van der Waals surface area contributed by atoms with Gasteiger partial charge in [0.1, 0.15) is 13.2 Å². The van der Waals surface area contributed by atoms with Crippen molar-refractivity contribution in [3.63, 3.8) is 0 Å². The Morgan fingerprint density at radius 2 is 0.938 bits per heavy atom. The fourth-order valence-electron chi connectivity index (χ4n) is 7.21. The molecule has 9 heteroatoms. The molecule has 2 N–H and O–H groups in total. The minimum atomic E-state index is -4.60. The van der Waals surface area contributed by atoms with Crippen LogP contribution in [0.2, 0.25) is 0 Å². The molecule has 8 nitrogen and oxygen atoms in total. The maximum atomic E-state index is 12.9. The molecule has 65 heavy (non-hydrogen) atoms. The predicted octanol–water partition coefficient (Wildman–Crippen LogP) is 15.1. The van der Waals surface area contributed by atoms with E-state index in [1.165, 1.54) is 96.3 Å². The number of amides is 1. The lowest BCUT2D eigenvalue weighted by atomic mass is 10.0. The highest BCUT2D eigenvalue weighted by atomic mass is 31.2. The van der Waals surface area contributed by atoms with Gasteiger partial charge in [0.2, 0.25) is 5.91 Å². The summed E-state index contributed by atoms with van der Waals surface area (Å²) in [6.07, 6.45) is 64.9. The molecule has 0 aromatic rings. The van der Waals surface area contributed by atoms with Crippen molar-refractivity contribution in [1.82, 2.24) is 5.32 Å². The molecule has 1 amide bonds. The Balaban J connectivity index is 4.35. The van der Waals surface area contributed by atoms with Crippen molar-refractivity contribution in [2.75, 3.05) is 40.9 Å².